The normalized spacial score (nSPS) is 22.7. The van der Waals surface area contributed by atoms with E-state index >= 15 is 0 Å². The van der Waals surface area contributed by atoms with Crippen LogP contribution in [0, 0.1) is 5.92 Å². The van der Waals surface area contributed by atoms with Crippen molar-refractivity contribution >= 4 is 5.91 Å². The van der Waals surface area contributed by atoms with Gasteiger partial charge in [0.05, 0.1) is 6.61 Å². The van der Waals surface area contributed by atoms with Crippen molar-refractivity contribution in [2.24, 2.45) is 11.7 Å². The molecule has 0 aromatic rings. The van der Waals surface area contributed by atoms with Gasteiger partial charge < -0.3 is 15.8 Å². The van der Waals surface area contributed by atoms with Crippen LogP contribution in [0.5, 0.6) is 0 Å². The third-order valence-electron chi connectivity index (χ3n) is 2.72. The Bertz CT molecular complexity index is 191. The Morgan fingerprint density at radius 3 is 3.07 bits per heavy atom. The number of hydrogen-bond donors (Lipinski definition) is 2. The van der Waals surface area contributed by atoms with Crippen molar-refractivity contribution in [1.82, 2.24) is 5.32 Å². The summed E-state index contributed by atoms with van der Waals surface area (Å²) in [5.41, 5.74) is 5.78. The van der Waals surface area contributed by atoms with Gasteiger partial charge in [0.15, 0.2) is 0 Å². The van der Waals surface area contributed by atoms with Crippen LogP contribution in [0.25, 0.3) is 0 Å². The third kappa shape index (κ3) is 5.14. The van der Waals surface area contributed by atoms with Gasteiger partial charge in [0.1, 0.15) is 0 Å². The maximum Gasteiger partial charge on any atom is 0.221 e. The van der Waals surface area contributed by atoms with Crippen LogP contribution in [0.4, 0.5) is 0 Å². The Balaban J connectivity index is 2.07. The van der Waals surface area contributed by atoms with Crippen LogP contribution in [0.3, 0.4) is 0 Å². The summed E-state index contributed by atoms with van der Waals surface area (Å²) >= 11 is 0. The number of carbonyl (C=O) groups excluding carboxylic acids is 1. The second-order valence-corrected chi connectivity index (χ2v) is 4.29. The van der Waals surface area contributed by atoms with Crippen molar-refractivity contribution in [3.05, 3.63) is 0 Å². The molecule has 0 saturated carbocycles. The van der Waals surface area contributed by atoms with Crippen molar-refractivity contribution in [2.75, 3.05) is 19.8 Å². The number of amides is 1. The molecule has 0 aromatic carbocycles. The highest BCUT2D eigenvalue weighted by atomic mass is 16.5. The molecule has 1 aliphatic rings. The lowest BCUT2D eigenvalue weighted by Gasteiger charge is -2.12. The van der Waals surface area contributed by atoms with Gasteiger partial charge in [0, 0.05) is 31.5 Å². The van der Waals surface area contributed by atoms with Crippen LogP contribution >= 0.6 is 0 Å². The van der Waals surface area contributed by atoms with Crippen LogP contribution in [0.1, 0.15) is 32.6 Å². The molecule has 0 aliphatic carbocycles. The average Bonchev–Trinajstić information content (AvgIpc) is 2.67. The summed E-state index contributed by atoms with van der Waals surface area (Å²) in [5.74, 6) is 0.569. The molecule has 0 bridgehead atoms. The average molecular weight is 214 g/mol. The zero-order valence-electron chi connectivity index (χ0n) is 9.50. The first-order valence-electron chi connectivity index (χ1n) is 5.82. The van der Waals surface area contributed by atoms with Gasteiger partial charge in [-0.05, 0) is 12.8 Å². The van der Waals surface area contributed by atoms with Crippen LogP contribution in [-0.2, 0) is 9.53 Å². The standard InChI is InChI=1S/C11H22N2O2/c1-2-3-10(12)6-11(14)13-7-9-4-5-15-8-9/h9-10H,2-8,12H2,1H3,(H,13,14). The molecule has 0 spiro atoms. The summed E-state index contributed by atoms with van der Waals surface area (Å²) in [6.07, 6.45) is 3.45. The lowest BCUT2D eigenvalue weighted by Crippen LogP contribution is -2.34. The van der Waals surface area contributed by atoms with E-state index < -0.39 is 0 Å². The monoisotopic (exact) mass is 214 g/mol. The highest BCUT2D eigenvalue weighted by molar-refractivity contribution is 5.76. The first-order chi connectivity index (χ1) is 7.22. The predicted octanol–water partition coefficient (Wildman–Crippen LogP) is 0.657. The molecule has 1 aliphatic heterocycles. The van der Waals surface area contributed by atoms with Crippen LogP contribution < -0.4 is 11.1 Å². The molecule has 1 rings (SSSR count). The second kappa shape index (κ2) is 6.80. The minimum absolute atomic E-state index is 0.00910. The third-order valence-corrected chi connectivity index (χ3v) is 2.72. The zero-order chi connectivity index (χ0) is 11.1. The highest BCUT2D eigenvalue weighted by Gasteiger charge is 2.16. The number of nitrogens with one attached hydrogen (secondary N) is 1. The van der Waals surface area contributed by atoms with E-state index in [-0.39, 0.29) is 11.9 Å². The SMILES string of the molecule is CCCC(N)CC(=O)NCC1CCOC1. The van der Waals surface area contributed by atoms with Gasteiger partial charge in [-0.3, -0.25) is 4.79 Å². The molecule has 2 unspecified atom stereocenters. The van der Waals surface area contributed by atoms with E-state index in [0.717, 1.165) is 39.0 Å². The molecule has 3 N–H and O–H groups in total. The molecule has 2 atom stereocenters. The molecule has 0 radical (unpaired) electrons. The zero-order valence-corrected chi connectivity index (χ0v) is 9.50. The Hall–Kier alpha value is -0.610. The molecule has 1 saturated heterocycles. The van der Waals surface area contributed by atoms with E-state index in [4.69, 9.17) is 10.5 Å². The molecule has 1 amide bonds. The maximum atomic E-state index is 11.5. The molecule has 4 heteroatoms. The fourth-order valence-corrected chi connectivity index (χ4v) is 1.79. The minimum atomic E-state index is 0.00910. The van der Waals surface area contributed by atoms with E-state index in [9.17, 15) is 4.79 Å². The molecule has 1 heterocycles. The van der Waals surface area contributed by atoms with Crippen LogP contribution in [-0.4, -0.2) is 31.7 Å². The Labute approximate surface area is 91.5 Å². The first kappa shape index (κ1) is 12.5. The molecule has 15 heavy (non-hydrogen) atoms. The molecule has 1 fully saturated rings. The number of ether oxygens (including phenoxy) is 1. The number of nitrogens with two attached hydrogens (primary N) is 1. The molecular weight excluding hydrogens is 192 g/mol. The minimum Gasteiger partial charge on any atom is -0.381 e. The van der Waals surface area contributed by atoms with Gasteiger partial charge in [-0.1, -0.05) is 13.3 Å². The summed E-state index contributed by atoms with van der Waals surface area (Å²) in [6, 6.07) is 0.00910. The topological polar surface area (TPSA) is 64.4 Å². The number of hydrogen-bond acceptors (Lipinski definition) is 3. The quantitative estimate of drug-likeness (QED) is 0.682. The fraction of sp³-hybridized carbons (Fsp3) is 0.909. The predicted molar refractivity (Wildman–Crippen MR) is 59.4 cm³/mol. The van der Waals surface area contributed by atoms with Gasteiger partial charge in [-0.2, -0.15) is 0 Å². The van der Waals surface area contributed by atoms with Crippen molar-refractivity contribution in [1.29, 1.82) is 0 Å². The lowest BCUT2D eigenvalue weighted by molar-refractivity contribution is -0.121. The summed E-state index contributed by atoms with van der Waals surface area (Å²) in [7, 11) is 0. The highest BCUT2D eigenvalue weighted by Crippen LogP contribution is 2.10. The van der Waals surface area contributed by atoms with Gasteiger partial charge >= 0.3 is 0 Å². The number of carbonyl (C=O) groups is 1. The Morgan fingerprint density at radius 2 is 2.47 bits per heavy atom. The van der Waals surface area contributed by atoms with Crippen molar-refractivity contribution in [3.63, 3.8) is 0 Å². The summed E-state index contributed by atoms with van der Waals surface area (Å²) < 4.78 is 5.23. The fourth-order valence-electron chi connectivity index (χ4n) is 1.79. The smallest absolute Gasteiger partial charge is 0.221 e. The summed E-state index contributed by atoms with van der Waals surface area (Å²) in [4.78, 5) is 11.5. The van der Waals surface area contributed by atoms with Crippen LogP contribution in [0.2, 0.25) is 0 Å². The molecule has 4 nitrogen and oxygen atoms in total. The van der Waals surface area contributed by atoms with Gasteiger partial charge in [0.2, 0.25) is 5.91 Å². The van der Waals surface area contributed by atoms with E-state index in [0.29, 0.717) is 12.3 Å². The molecular formula is C11H22N2O2. The Morgan fingerprint density at radius 1 is 1.67 bits per heavy atom. The van der Waals surface area contributed by atoms with Crippen molar-refractivity contribution in [2.45, 2.75) is 38.6 Å². The first-order valence-corrected chi connectivity index (χ1v) is 5.82. The van der Waals surface area contributed by atoms with Crippen molar-refractivity contribution in [3.8, 4) is 0 Å². The second-order valence-electron chi connectivity index (χ2n) is 4.29. The van der Waals surface area contributed by atoms with E-state index in [1.165, 1.54) is 0 Å². The van der Waals surface area contributed by atoms with Gasteiger partial charge in [0.25, 0.3) is 0 Å². The van der Waals surface area contributed by atoms with E-state index in [1.54, 1.807) is 0 Å². The lowest BCUT2D eigenvalue weighted by atomic mass is 10.1. The van der Waals surface area contributed by atoms with Gasteiger partial charge in [-0.15, -0.1) is 0 Å². The molecule has 88 valence electrons. The summed E-state index contributed by atoms with van der Waals surface area (Å²) in [6.45, 7) is 4.42. The van der Waals surface area contributed by atoms with Crippen molar-refractivity contribution < 1.29 is 9.53 Å². The summed E-state index contributed by atoms with van der Waals surface area (Å²) in [5, 5.41) is 2.91. The van der Waals surface area contributed by atoms with Crippen LogP contribution in [0.15, 0.2) is 0 Å². The largest absolute Gasteiger partial charge is 0.381 e. The van der Waals surface area contributed by atoms with Gasteiger partial charge in [-0.25, -0.2) is 0 Å². The Kier molecular flexibility index (Phi) is 5.65. The maximum absolute atomic E-state index is 11.5. The molecule has 0 aromatic heterocycles. The van der Waals surface area contributed by atoms with E-state index in [1.807, 2.05) is 0 Å². The number of rotatable bonds is 6. The van der Waals surface area contributed by atoms with E-state index in [2.05, 4.69) is 12.2 Å².